The van der Waals surface area contributed by atoms with E-state index in [2.05, 4.69) is 26.9 Å². The summed E-state index contributed by atoms with van der Waals surface area (Å²) in [5.41, 5.74) is 1.04. The fraction of sp³-hybridized carbons (Fsp3) is 0.600. The first-order chi connectivity index (χ1) is 13.6. The molecular weight excluding hydrogens is 356 g/mol. The standard InChI is InChI=1S/C20H28N6O2/c1-3-25-10-16(11-28-12-17-6-4-5-8-21-17)20(13-25)7-9-26(14-20)19(27)18-22-15-24(2)23-18/h4-6,8,15-16H,3,7,9-14H2,1-2H3/t16-,20+/m0/s1. The predicted molar refractivity (Wildman–Crippen MR) is 103 cm³/mol. The highest BCUT2D eigenvalue weighted by Gasteiger charge is 2.51. The van der Waals surface area contributed by atoms with Gasteiger partial charge in [0.15, 0.2) is 0 Å². The van der Waals surface area contributed by atoms with Crippen molar-refractivity contribution in [3.63, 3.8) is 0 Å². The number of carbonyl (C=O) groups is 1. The minimum Gasteiger partial charge on any atom is -0.375 e. The zero-order valence-electron chi connectivity index (χ0n) is 16.6. The van der Waals surface area contributed by atoms with Crippen molar-refractivity contribution in [2.75, 3.05) is 39.3 Å². The summed E-state index contributed by atoms with van der Waals surface area (Å²) in [6.45, 7) is 7.97. The van der Waals surface area contributed by atoms with Crippen LogP contribution in [-0.4, -0.2) is 74.8 Å². The van der Waals surface area contributed by atoms with Crippen LogP contribution in [0.25, 0.3) is 0 Å². The van der Waals surface area contributed by atoms with Crippen LogP contribution in [0.2, 0.25) is 0 Å². The highest BCUT2D eigenvalue weighted by molar-refractivity contribution is 5.90. The van der Waals surface area contributed by atoms with Crippen LogP contribution in [0.1, 0.15) is 29.7 Å². The van der Waals surface area contributed by atoms with E-state index in [4.69, 9.17) is 4.74 Å². The van der Waals surface area contributed by atoms with E-state index in [0.29, 0.717) is 19.1 Å². The highest BCUT2D eigenvalue weighted by atomic mass is 16.5. The fourth-order valence-corrected chi connectivity index (χ4v) is 4.51. The van der Waals surface area contributed by atoms with E-state index in [1.54, 1.807) is 24.3 Å². The molecule has 0 aliphatic carbocycles. The molecule has 2 saturated heterocycles. The molecule has 0 aromatic carbocycles. The second-order valence-corrected chi connectivity index (χ2v) is 7.94. The van der Waals surface area contributed by atoms with Crippen LogP contribution in [-0.2, 0) is 18.4 Å². The number of rotatable bonds is 6. The lowest BCUT2D eigenvalue weighted by Gasteiger charge is -2.30. The van der Waals surface area contributed by atoms with Crippen LogP contribution in [0.5, 0.6) is 0 Å². The maximum Gasteiger partial charge on any atom is 0.293 e. The Morgan fingerprint density at radius 1 is 1.32 bits per heavy atom. The molecule has 8 heteroatoms. The third-order valence-corrected chi connectivity index (χ3v) is 6.09. The molecule has 2 aliphatic rings. The average Bonchev–Trinajstić information content (AvgIpc) is 3.42. The van der Waals surface area contributed by atoms with Gasteiger partial charge in [0.25, 0.3) is 5.91 Å². The molecule has 2 aromatic heterocycles. The fourth-order valence-electron chi connectivity index (χ4n) is 4.51. The second-order valence-electron chi connectivity index (χ2n) is 7.94. The van der Waals surface area contributed by atoms with E-state index >= 15 is 0 Å². The molecule has 2 fully saturated rings. The molecule has 1 amide bonds. The van der Waals surface area contributed by atoms with E-state index in [0.717, 1.165) is 44.8 Å². The summed E-state index contributed by atoms with van der Waals surface area (Å²) in [7, 11) is 1.78. The molecule has 2 aliphatic heterocycles. The van der Waals surface area contributed by atoms with Crippen molar-refractivity contribution in [3.8, 4) is 0 Å². The molecule has 4 rings (SSSR count). The monoisotopic (exact) mass is 384 g/mol. The van der Waals surface area contributed by atoms with Gasteiger partial charge in [-0.05, 0) is 25.1 Å². The third kappa shape index (κ3) is 3.79. The van der Waals surface area contributed by atoms with Gasteiger partial charge < -0.3 is 14.5 Å². The zero-order valence-corrected chi connectivity index (χ0v) is 16.6. The van der Waals surface area contributed by atoms with E-state index in [-0.39, 0.29) is 17.1 Å². The molecule has 28 heavy (non-hydrogen) atoms. The molecule has 0 bridgehead atoms. The Morgan fingerprint density at radius 2 is 2.21 bits per heavy atom. The first-order valence-electron chi connectivity index (χ1n) is 9.94. The number of hydrogen-bond donors (Lipinski definition) is 0. The number of carbonyl (C=O) groups excluding carboxylic acids is 1. The lowest BCUT2D eigenvalue weighted by Crippen LogP contribution is -2.38. The lowest BCUT2D eigenvalue weighted by atomic mass is 9.77. The van der Waals surface area contributed by atoms with Gasteiger partial charge in [-0.25, -0.2) is 4.98 Å². The molecule has 4 heterocycles. The van der Waals surface area contributed by atoms with Gasteiger partial charge in [0, 0.05) is 50.8 Å². The Balaban J connectivity index is 1.41. The number of nitrogens with zero attached hydrogens (tertiary/aromatic N) is 6. The summed E-state index contributed by atoms with van der Waals surface area (Å²) >= 11 is 0. The van der Waals surface area contributed by atoms with Crippen molar-refractivity contribution >= 4 is 5.91 Å². The average molecular weight is 384 g/mol. The Labute approximate surface area is 165 Å². The molecule has 8 nitrogen and oxygen atoms in total. The van der Waals surface area contributed by atoms with Crippen molar-refractivity contribution in [3.05, 3.63) is 42.2 Å². The summed E-state index contributed by atoms with van der Waals surface area (Å²) in [5.74, 6) is 0.624. The predicted octanol–water partition coefficient (Wildman–Crippen LogP) is 1.21. The highest BCUT2D eigenvalue weighted by Crippen LogP contribution is 2.44. The maximum atomic E-state index is 12.8. The van der Waals surface area contributed by atoms with E-state index in [1.165, 1.54) is 0 Å². The van der Waals surface area contributed by atoms with Gasteiger partial charge in [-0.1, -0.05) is 13.0 Å². The van der Waals surface area contributed by atoms with Crippen molar-refractivity contribution in [1.82, 2.24) is 29.5 Å². The summed E-state index contributed by atoms with van der Waals surface area (Å²) < 4.78 is 7.62. The Morgan fingerprint density at radius 3 is 2.93 bits per heavy atom. The topological polar surface area (TPSA) is 76.4 Å². The van der Waals surface area contributed by atoms with Crippen LogP contribution in [0.15, 0.2) is 30.7 Å². The third-order valence-electron chi connectivity index (χ3n) is 6.09. The number of likely N-dealkylation sites (tertiary alicyclic amines) is 2. The van der Waals surface area contributed by atoms with Gasteiger partial charge in [-0.3, -0.25) is 14.5 Å². The van der Waals surface area contributed by atoms with Crippen LogP contribution in [0, 0.1) is 11.3 Å². The number of aryl methyl sites for hydroxylation is 1. The van der Waals surface area contributed by atoms with Crippen LogP contribution < -0.4 is 0 Å². The second kappa shape index (κ2) is 7.97. The Kier molecular flexibility index (Phi) is 5.41. The SMILES string of the molecule is CCN1C[C@@H](COCc2ccccn2)[C@]2(CCN(C(=O)c3ncn(C)n3)C2)C1. The summed E-state index contributed by atoms with van der Waals surface area (Å²) in [4.78, 5) is 25.6. The van der Waals surface area contributed by atoms with Gasteiger partial charge in [0.2, 0.25) is 5.82 Å². The molecular formula is C20H28N6O2. The minimum atomic E-state index is -0.0689. The van der Waals surface area contributed by atoms with Gasteiger partial charge in [0.05, 0.1) is 18.9 Å². The quantitative estimate of drug-likeness (QED) is 0.745. The Hall–Kier alpha value is -2.32. The van der Waals surface area contributed by atoms with E-state index in [1.807, 2.05) is 23.1 Å². The molecule has 0 radical (unpaired) electrons. The molecule has 2 aromatic rings. The van der Waals surface area contributed by atoms with E-state index in [9.17, 15) is 4.79 Å². The number of aromatic nitrogens is 4. The summed E-state index contributed by atoms with van der Waals surface area (Å²) in [5, 5.41) is 4.18. The van der Waals surface area contributed by atoms with Crippen molar-refractivity contribution in [1.29, 1.82) is 0 Å². The smallest absolute Gasteiger partial charge is 0.293 e. The molecule has 0 unspecified atom stereocenters. The number of amides is 1. The van der Waals surface area contributed by atoms with Crippen LogP contribution in [0.4, 0.5) is 0 Å². The minimum absolute atomic E-state index is 0.0689. The summed E-state index contributed by atoms with van der Waals surface area (Å²) in [6.07, 6.45) is 4.36. The van der Waals surface area contributed by atoms with Crippen molar-refractivity contribution < 1.29 is 9.53 Å². The largest absolute Gasteiger partial charge is 0.375 e. The maximum absolute atomic E-state index is 12.8. The molecule has 1 spiro atoms. The number of hydrogen-bond acceptors (Lipinski definition) is 6. The van der Waals surface area contributed by atoms with Crippen molar-refractivity contribution in [2.45, 2.75) is 20.0 Å². The summed E-state index contributed by atoms with van der Waals surface area (Å²) in [6, 6.07) is 5.88. The van der Waals surface area contributed by atoms with Crippen molar-refractivity contribution in [2.24, 2.45) is 18.4 Å². The van der Waals surface area contributed by atoms with Gasteiger partial charge >= 0.3 is 0 Å². The first-order valence-corrected chi connectivity index (χ1v) is 9.94. The molecule has 0 N–H and O–H groups in total. The number of ether oxygens (including phenoxy) is 1. The van der Waals surface area contributed by atoms with Gasteiger partial charge in [-0.2, -0.15) is 0 Å². The molecule has 150 valence electrons. The Bertz CT molecular complexity index is 810. The zero-order chi connectivity index (χ0) is 19.6. The van der Waals surface area contributed by atoms with Gasteiger partial charge in [-0.15, -0.1) is 5.10 Å². The molecule has 2 atom stereocenters. The van der Waals surface area contributed by atoms with Gasteiger partial charge in [0.1, 0.15) is 6.33 Å². The van der Waals surface area contributed by atoms with Crippen LogP contribution >= 0.6 is 0 Å². The van der Waals surface area contributed by atoms with E-state index < -0.39 is 0 Å². The first kappa shape index (κ1) is 19.0. The van der Waals surface area contributed by atoms with Crippen LogP contribution in [0.3, 0.4) is 0 Å². The normalized spacial score (nSPS) is 25.1. The molecule has 0 saturated carbocycles. The number of pyridine rings is 1. The lowest BCUT2D eigenvalue weighted by molar-refractivity contribution is 0.0481.